The third-order valence-electron chi connectivity index (χ3n) is 2.83. The molecule has 0 radical (unpaired) electrons. The molecule has 2 N–H and O–H groups in total. The Labute approximate surface area is 105 Å². The minimum Gasteiger partial charge on any atom is -0.378 e. The Hall–Kier alpha value is -0.580. The minimum atomic E-state index is 0.0611. The SMILES string of the molecule is CC(N)c1ccc(Br)cc1N1CCOCC1. The summed E-state index contributed by atoms with van der Waals surface area (Å²) < 4.78 is 6.46. The summed E-state index contributed by atoms with van der Waals surface area (Å²) in [6.07, 6.45) is 0. The van der Waals surface area contributed by atoms with Gasteiger partial charge in [0, 0.05) is 29.3 Å². The first-order valence-electron chi connectivity index (χ1n) is 5.56. The Kier molecular flexibility index (Phi) is 3.84. The Bertz CT molecular complexity index is 362. The Morgan fingerprint density at radius 3 is 2.69 bits per heavy atom. The zero-order chi connectivity index (χ0) is 11.5. The molecule has 1 saturated heterocycles. The van der Waals surface area contributed by atoms with Crippen molar-refractivity contribution in [2.45, 2.75) is 13.0 Å². The van der Waals surface area contributed by atoms with E-state index in [0.29, 0.717) is 0 Å². The van der Waals surface area contributed by atoms with Crippen molar-refractivity contribution in [3.05, 3.63) is 28.2 Å². The van der Waals surface area contributed by atoms with Crippen LogP contribution in [0.4, 0.5) is 5.69 Å². The minimum absolute atomic E-state index is 0.0611. The molecule has 0 aromatic heterocycles. The highest BCUT2D eigenvalue weighted by molar-refractivity contribution is 9.10. The summed E-state index contributed by atoms with van der Waals surface area (Å²) in [5, 5.41) is 0. The number of ether oxygens (including phenoxy) is 1. The van der Waals surface area contributed by atoms with Crippen molar-refractivity contribution in [2.75, 3.05) is 31.2 Å². The van der Waals surface area contributed by atoms with Gasteiger partial charge in [-0.15, -0.1) is 0 Å². The third-order valence-corrected chi connectivity index (χ3v) is 3.33. The van der Waals surface area contributed by atoms with Gasteiger partial charge >= 0.3 is 0 Å². The summed E-state index contributed by atoms with van der Waals surface area (Å²) in [7, 11) is 0. The Morgan fingerprint density at radius 2 is 2.06 bits per heavy atom. The predicted octanol–water partition coefficient (Wildman–Crippen LogP) is 2.31. The van der Waals surface area contributed by atoms with Crippen LogP contribution in [0.25, 0.3) is 0 Å². The van der Waals surface area contributed by atoms with E-state index >= 15 is 0 Å². The molecule has 88 valence electrons. The van der Waals surface area contributed by atoms with E-state index in [2.05, 4.69) is 33.0 Å². The van der Waals surface area contributed by atoms with Crippen LogP contribution < -0.4 is 10.6 Å². The molecule has 3 nitrogen and oxygen atoms in total. The van der Waals surface area contributed by atoms with Crippen LogP contribution in [-0.4, -0.2) is 26.3 Å². The average molecular weight is 285 g/mol. The number of hydrogen-bond acceptors (Lipinski definition) is 3. The van der Waals surface area contributed by atoms with Gasteiger partial charge in [0.2, 0.25) is 0 Å². The van der Waals surface area contributed by atoms with Crippen molar-refractivity contribution in [3.63, 3.8) is 0 Å². The molecule has 0 saturated carbocycles. The van der Waals surface area contributed by atoms with Gasteiger partial charge in [0.25, 0.3) is 0 Å². The van der Waals surface area contributed by atoms with E-state index < -0.39 is 0 Å². The zero-order valence-electron chi connectivity index (χ0n) is 9.45. The molecule has 16 heavy (non-hydrogen) atoms. The number of nitrogens with zero attached hydrogens (tertiary/aromatic N) is 1. The molecule has 2 rings (SSSR count). The average Bonchev–Trinajstić information content (AvgIpc) is 2.29. The predicted molar refractivity (Wildman–Crippen MR) is 69.8 cm³/mol. The number of anilines is 1. The lowest BCUT2D eigenvalue weighted by molar-refractivity contribution is 0.122. The first-order chi connectivity index (χ1) is 7.68. The molecule has 0 bridgehead atoms. The van der Waals surface area contributed by atoms with E-state index in [4.69, 9.17) is 10.5 Å². The normalized spacial score (nSPS) is 18.6. The standard InChI is InChI=1S/C12H17BrN2O/c1-9(14)11-3-2-10(13)8-12(11)15-4-6-16-7-5-15/h2-3,8-9H,4-7,14H2,1H3. The van der Waals surface area contributed by atoms with Gasteiger partial charge < -0.3 is 15.4 Å². The van der Waals surface area contributed by atoms with Gasteiger partial charge in [-0.2, -0.15) is 0 Å². The number of rotatable bonds is 2. The molecule has 1 aliphatic heterocycles. The van der Waals surface area contributed by atoms with E-state index in [1.165, 1.54) is 11.3 Å². The van der Waals surface area contributed by atoms with Crippen LogP contribution in [0.15, 0.2) is 22.7 Å². The quantitative estimate of drug-likeness (QED) is 0.906. The van der Waals surface area contributed by atoms with Gasteiger partial charge in [-0.05, 0) is 24.6 Å². The van der Waals surface area contributed by atoms with Gasteiger partial charge in [0.15, 0.2) is 0 Å². The van der Waals surface area contributed by atoms with E-state index in [1.54, 1.807) is 0 Å². The molecule has 1 atom stereocenters. The van der Waals surface area contributed by atoms with Gasteiger partial charge in [-0.1, -0.05) is 22.0 Å². The fourth-order valence-electron chi connectivity index (χ4n) is 1.98. The second-order valence-electron chi connectivity index (χ2n) is 4.09. The maximum absolute atomic E-state index is 6.00. The molecule has 4 heteroatoms. The topological polar surface area (TPSA) is 38.5 Å². The smallest absolute Gasteiger partial charge is 0.0642 e. The molecule has 1 aromatic rings. The van der Waals surface area contributed by atoms with Gasteiger partial charge in [0.05, 0.1) is 13.2 Å². The Balaban J connectivity index is 2.32. The van der Waals surface area contributed by atoms with Crippen LogP contribution in [-0.2, 0) is 4.74 Å². The largest absolute Gasteiger partial charge is 0.378 e. The molecular formula is C12H17BrN2O. The van der Waals surface area contributed by atoms with Crippen molar-refractivity contribution in [3.8, 4) is 0 Å². The molecule has 1 fully saturated rings. The molecule has 1 aliphatic rings. The van der Waals surface area contributed by atoms with Crippen molar-refractivity contribution >= 4 is 21.6 Å². The third kappa shape index (κ3) is 2.56. The molecule has 0 spiro atoms. The highest BCUT2D eigenvalue weighted by atomic mass is 79.9. The summed E-state index contributed by atoms with van der Waals surface area (Å²) in [6, 6.07) is 6.34. The number of hydrogen-bond donors (Lipinski definition) is 1. The van der Waals surface area contributed by atoms with Gasteiger partial charge in [-0.25, -0.2) is 0 Å². The Morgan fingerprint density at radius 1 is 1.38 bits per heavy atom. The molecular weight excluding hydrogens is 268 g/mol. The summed E-state index contributed by atoms with van der Waals surface area (Å²) in [5.74, 6) is 0. The van der Waals surface area contributed by atoms with E-state index in [-0.39, 0.29) is 6.04 Å². The fraction of sp³-hybridized carbons (Fsp3) is 0.500. The van der Waals surface area contributed by atoms with E-state index in [1.807, 2.05) is 13.0 Å². The number of benzene rings is 1. The van der Waals surface area contributed by atoms with E-state index in [0.717, 1.165) is 30.8 Å². The summed E-state index contributed by atoms with van der Waals surface area (Å²) in [6.45, 7) is 5.50. The van der Waals surface area contributed by atoms with Crippen molar-refractivity contribution in [2.24, 2.45) is 5.73 Å². The maximum atomic E-state index is 6.00. The van der Waals surface area contributed by atoms with Crippen LogP contribution >= 0.6 is 15.9 Å². The first kappa shape index (κ1) is 11.9. The number of halogens is 1. The molecule has 1 unspecified atom stereocenters. The van der Waals surface area contributed by atoms with Crippen LogP contribution in [0, 0.1) is 0 Å². The lowest BCUT2D eigenvalue weighted by atomic mass is 10.1. The molecule has 0 amide bonds. The summed E-state index contributed by atoms with van der Waals surface area (Å²) in [5.41, 5.74) is 8.43. The molecule has 0 aliphatic carbocycles. The van der Waals surface area contributed by atoms with Crippen molar-refractivity contribution in [1.29, 1.82) is 0 Å². The van der Waals surface area contributed by atoms with Crippen LogP contribution in [0.3, 0.4) is 0 Å². The van der Waals surface area contributed by atoms with Gasteiger partial charge in [-0.3, -0.25) is 0 Å². The van der Waals surface area contributed by atoms with Gasteiger partial charge in [0.1, 0.15) is 0 Å². The van der Waals surface area contributed by atoms with E-state index in [9.17, 15) is 0 Å². The molecule has 1 aromatic carbocycles. The number of morpholine rings is 1. The fourth-order valence-corrected chi connectivity index (χ4v) is 2.33. The monoisotopic (exact) mass is 284 g/mol. The second-order valence-corrected chi connectivity index (χ2v) is 5.01. The van der Waals surface area contributed by atoms with Crippen LogP contribution in [0.2, 0.25) is 0 Å². The highest BCUT2D eigenvalue weighted by Crippen LogP contribution is 2.29. The van der Waals surface area contributed by atoms with Crippen LogP contribution in [0.1, 0.15) is 18.5 Å². The van der Waals surface area contributed by atoms with Crippen molar-refractivity contribution < 1.29 is 4.74 Å². The first-order valence-corrected chi connectivity index (χ1v) is 6.35. The highest BCUT2D eigenvalue weighted by Gasteiger charge is 2.16. The van der Waals surface area contributed by atoms with Crippen molar-refractivity contribution in [1.82, 2.24) is 0 Å². The molecule has 1 heterocycles. The van der Waals surface area contributed by atoms with Crippen LogP contribution in [0.5, 0.6) is 0 Å². The maximum Gasteiger partial charge on any atom is 0.0642 e. The lowest BCUT2D eigenvalue weighted by Crippen LogP contribution is -2.37. The summed E-state index contributed by atoms with van der Waals surface area (Å²) >= 11 is 3.51. The second kappa shape index (κ2) is 5.17. The number of nitrogens with two attached hydrogens (primary N) is 1. The lowest BCUT2D eigenvalue weighted by Gasteiger charge is -2.31. The zero-order valence-corrected chi connectivity index (χ0v) is 11.0. The summed E-state index contributed by atoms with van der Waals surface area (Å²) in [4.78, 5) is 2.34.